The van der Waals surface area contributed by atoms with Crippen molar-refractivity contribution in [2.45, 2.75) is 213 Å². The maximum Gasteiger partial charge on any atom is 0.309 e. The second-order valence-corrected chi connectivity index (χ2v) is 15.3. The van der Waals surface area contributed by atoms with E-state index in [2.05, 4.69) is 32.6 Å². The molecule has 0 bridgehead atoms. The van der Waals surface area contributed by atoms with E-state index in [1.54, 1.807) is 0 Å². The van der Waals surface area contributed by atoms with Crippen LogP contribution < -0.4 is 0 Å². The van der Waals surface area contributed by atoms with Crippen molar-refractivity contribution in [2.24, 2.45) is 11.8 Å². The Morgan fingerprint density at radius 1 is 0.580 bits per heavy atom. The highest BCUT2D eigenvalue weighted by molar-refractivity contribution is 5.74. The van der Waals surface area contributed by atoms with Crippen molar-refractivity contribution in [1.82, 2.24) is 4.90 Å². The van der Waals surface area contributed by atoms with Gasteiger partial charge in [-0.15, -0.1) is 0 Å². The number of esters is 2. The molecule has 1 aliphatic heterocycles. The molecule has 296 valence electrons. The number of rotatable bonds is 34. The van der Waals surface area contributed by atoms with Crippen molar-refractivity contribution in [3.8, 4) is 0 Å². The molecule has 0 aromatic heterocycles. The fourth-order valence-corrected chi connectivity index (χ4v) is 7.02. The summed E-state index contributed by atoms with van der Waals surface area (Å²) in [7, 11) is 4.03. The average Bonchev–Trinajstić information content (AvgIpc) is 3.42. The monoisotopic (exact) mass is 712 g/mol. The summed E-state index contributed by atoms with van der Waals surface area (Å²) in [6.07, 6.45) is 23.2. The molecule has 1 aliphatic rings. The Balaban J connectivity index is 3.14. The van der Waals surface area contributed by atoms with E-state index in [0.29, 0.717) is 6.61 Å². The van der Waals surface area contributed by atoms with Crippen LogP contribution >= 0.6 is 0 Å². The molecule has 3 unspecified atom stereocenters. The number of aliphatic hydroxyl groups is 1. The highest BCUT2D eigenvalue weighted by Gasteiger charge is 2.51. The zero-order valence-electron chi connectivity index (χ0n) is 33.6. The molecule has 0 aromatic rings. The molecule has 1 fully saturated rings. The van der Waals surface area contributed by atoms with E-state index in [4.69, 9.17) is 18.9 Å². The lowest BCUT2D eigenvalue weighted by Gasteiger charge is -2.27. The largest absolute Gasteiger partial charge is 0.455 e. The second kappa shape index (κ2) is 31.3. The van der Waals surface area contributed by atoms with Gasteiger partial charge >= 0.3 is 11.9 Å². The fourth-order valence-electron chi connectivity index (χ4n) is 7.02. The predicted octanol–water partition coefficient (Wildman–Crippen LogP) is 10.2. The highest BCUT2D eigenvalue weighted by atomic mass is 16.7. The Morgan fingerprint density at radius 2 is 0.960 bits per heavy atom. The number of hydrogen-bond donors (Lipinski definition) is 1. The summed E-state index contributed by atoms with van der Waals surface area (Å²) in [6, 6.07) is 0. The van der Waals surface area contributed by atoms with Crippen molar-refractivity contribution in [1.29, 1.82) is 0 Å². The Morgan fingerprint density at radius 3 is 1.36 bits per heavy atom. The smallest absolute Gasteiger partial charge is 0.309 e. The van der Waals surface area contributed by atoms with Gasteiger partial charge in [0.25, 0.3) is 0 Å². The molecule has 8 heteroatoms. The van der Waals surface area contributed by atoms with Gasteiger partial charge < -0.3 is 29.0 Å². The van der Waals surface area contributed by atoms with Gasteiger partial charge in [-0.3, -0.25) is 9.59 Å². The van der Waals surface area contributed by atoms with Crippen LogP contribution in [0.25, 0.3) is 0 Å². The van der Waals surface area contributed by atoms with E-state index in [-0.39, 0.29) is 30.4 Å². The van der Waals surface area contributed by atoms with Crippen LogP contribution in [0, 0.1) is 11.8 Å². The third kappa shape index (κ3) is 21.3. The zero-order valence-corrected chi connectivity index (χ0v) is 33.6. The predicted molar refractivity (Wildman–Crippen MR) is 205 cm³/mol. The molecule has 0 aromatic carbocycles. The van der Waals surface area contributed by atoms with Gasteiger partial charge in [0.15, 0.2) is 18.5 Å². The number of ether oxygens (including phenoxy) is 4. The van der Waals surface area contributed by atoms with Gasteiger partial charge in [-0.05, 0) is 52.7 Å². The molecular formula is C42H81NO7. The van der Waals surface area contributed by atoms with Crippen LogP contribution in [0.4, 0.5) is 0 Å². The molecule has 0 amide bonds. The topological polar surface area (TPSA) is 94.5 Å². The van der Waals surface area contributed by atoms with Crippen LogP contribution in [-0.2, 0) is 28.5 Å². The molecule has 1 rings (SSSR count). The van der Waals surface area contributed by atoms with Crippen molar-refractivity contribution < 1.29 is 33.6 Å². The van der Waals surface area contributed by atoms with E-state index in [0.717, 1.165) is 116 Å². The summed E-state index contributed by atoms with van der Waals surface area (Å²) >= 11 is 0. The lowest BCUT2D eigenvalue weighted by Crippen LogP contribution is -2.44. The molecular weight excluding hydrogens is 630 g/mol. The summed E-state index contributed by atoms with van der Waals surface area (Å²) < 4.78 is 24.9. The molecule has 0 saturated carbocycles. The zero-order chi connectivity index (χ0) is 36.8. The molecule has 0 spiro atoms. The Labute approximate surface area is 308 Å². The number of carbonyl (C=O) groups is 2. The normalized spacial score (nSPS) is 20.3. The van der Waals surface area contributed by atoms with Crippen molar-refractivity contribution in [2.75, 3.05) is 33.9 Å². The van der Waals surface area contributed by atoms with Gasteiger partial charge in [0.1, 0.15) is 6.10 Å². The van der Waals surface area contributed by atoms with E-state index in [9.17, 15) is 14.7 Å². The second-order valence-electron chi connectivity index (χ2n) is 15.3. The SMILES string of the molecule is CCCCCCCCC(CCCCCC)C(=O)O[C@@H]1[C@@H](CO)OC(OCCCN(C)C)[C@@H]1OC(=O)C(CCCCCC)CCCCCCCC. The van der Waals surface area contributed by atoms with E-state index >= 15 is 0 Å². The Kier molecular flexibility index (Phi) is 29.3. The van der Waals surface area contributed by atoms with Gasteiger partial charge in [-0.2, -0.15) is 0 Å². The lowest BCUT2D eigenvalue weighted by molar-refractivity contribution is -0.194. The number of unbranched alkanes of at least 4 members (excludes halogenated alkanes) is 16. The number of nitrogens with zero attached hydrogens (tertiary/aromatic N) is 1. The Hall–Kier alpha value is -1.22. The van der Waals surface area contributed by atoms with Crippen molar-refractivity contribution in [3.63, 3.8) is 0 Å². The molecule has 1 N–H and O–H groups in total. The molecule has 0 radical (unpaired) electrons. The first-order valence-corrected chi connectivity index (χ1v) is 21.3. The molecule has 50 heavy (non-hydrogen) atoms. The lowest BCUT2D eigenvalue weighted by atomic mass is 9.94. The van der Waals surface area contributed by atoms with Crippen molar-refractivity contribution >= 4 is 11.9 Å². The van der Waals surface area contributed by atoms with Crippen LogP contribution in [-0.4, -0.2) is 80.4 Å². The molecule has 8 nitrogen and oxygen atoms in total. The molecule has 0 aliphatic carbocycles. The first-order valence-electron chi connectivity index (χ1n) is 21.3. The van der Waals surface area contributed by atoms with Gasteiger partial charge in [0.05, 0.1) is 25.0 Å². The minimum Gasteiger partial charge on any atom is -0.455 e. The van der Waals surface area contributed by atoms with Crippen LogP contribution in [0.3, 0.4) is 0 Å². The first-order chi connectivity index (χ1) is 24.3. The minimum absolute atomic E-state index is 0.212. The summed E-state index contributed by atoms with van der Waals surface area (Å²) in [4.78, 5) is 30.0. The molecule has 1 saturated heterocycles. The third-order valence-corrected chi connectivity index (χ3v) is 10.3. The van der Waals surface area contributed by atoms with E-state index in [1.165, 1.54) is 51.4 Å². The first kappa shape index (κ1) is 46.8. The standard InChI is InChI=1S/C42H81NO7/c1-7-11-15-19-21-25-30-35(28-23-17-13-9-3)40(45)49-38-37(34-44)48-42(47-33-27-32-43(5)6)39(38)50-41(46)36(29-24-18-14-10-4)31-26-22-20-16-12-8-2/h35-39,42,44H,7-34H2,1-6H3/t35?,36?,37-,38-,39-,42?/m1/s1. The van der Waals surface area contributed by atoms with Crippen LogP contribution in [0.15, 0.2) is 0 Å². The highest BCUT2D eigenvalue weighted by Crippen LogP contribution is 2.32. The van der Waals surface area contributed by atoms with Crippen LogP contribution in [0.2, 0.25) is 0 Å². The Bertz CT molecular complexity index is 809. The summed E-state index contributed by atoms with van der Waals surface area (Å²) in [5.41, 5.74) is 0. The summed E-state index contributed by atoms with van der Waals surface area (Å²) in [5, 5.41) is 10.4. The fraction of sp³-hybridized carbons (Fsp3) is 0.952. The third-order valence-electron chi connectivity index (χ3n) is 10.3. The van der Waals surface area contributed by atoms with Crippen LogP contribution in [0.5, 0.6) is 0 Å². The maximum atomic E-state index is 14.0. The maximum absolute atomic E-state index is 14.0. The summed E-state index contributed by atoms with van der Waals surface area (Å²) in [6.45, 7) is 9.75. The van der Waals surface area contributed by atoms with Crippen molar-refractivity contribution in [3.05, 3.63) is 0 Å². The van der Waals surface area contributed by atoms with E-state index in [1.807, 2.05) is 14.1 Å². The van der Waals surface area contributed by atoms with Gasteiger partial charge in [0.2, 0.25) is 0 Å². The number of carbonyl (C=O) groups excluding carboxylic acids is 2. The molecule has 6 atom stereocenters. The number of hydrogen-bond acceptors (Lipinski definition) is 8. The minimum atomic E-state index is -0.916. The van der Waals surface area contributed by atoms with Crippen LogP contribution in [0.1, 0.15) is 188 Å². The number of aliphatic hydroxyl groups excluding tert-OH is 1. The summed E-state index contributed by atoms with van der Waals surface area (Å²) in [5.74, 6) is -0.947. The van der Waals surface area contributed by atoms with Gasteiger partial charge in [0, 0.05) is 0 Å². The quantitative estimate of drug-likeness (QED) is 0.0521. The average molecular weight is 712 g/mol. The van der Waals surface area contributed by atoms with Gasteiger partial charge in [-0.1, -0.05) is 156 Å². The van der Waals surface area contributed by atoms with Gasteiger partial charge in [-0.25, -0.2) is 0 Å². The molecule has 1 heterocycles. The van der Waals surface area contributed by atoms with E-state index < -0.39 is 24.6 Å².